The third-order valence-corrected chi connectivity index (χ3v) is 7.30. The van der Waals surface area contributed by atoms with Gasteiger partial charge in [-0.15, -0.1) is 0 Å². The van der Waals surface area contributed by atoms with E-state index in [2.05, 4.69) is 42.7 Å². The first-order chi connectivity index (χ1) is 15.9. The number of nitrogens with one attached hydrogen (secondary N) is 2. The Morgan fingerprint density at radius 3 is 2.58 bits per heavy atom. The van der Waals surface area contributed by atoms with Crippen molar-refractivity contribution in [2.45, 2.75) is 50.3 Å². The van der Waals surface area contributed by atoms with Gasteiger partial charge >= 0.3 is 0 Å². The van der Waals surface area contributed by atoms with Gasteiger partial charge in [-0.2, -0.15) is 4.98 Å². The molecule has 2 aromatic heterocycles. The van der Waals surface area contributed by atoms with Crippen LogP contribution in [0.25, 0.3) is 16.7 Å². The van der Waals surface area contributed by atoms with Crippen LogP contribution < -0.4 is 14.9 Å². The molecule has 1 saturated carbocycles. The van der Waals surface area contributed by atoms with Crippen LogP contribution in [0.1, 0.15) is 32.1 Å². The highest BCUT2D eigenvalue weighted by molar-refractivity contribution is 7.88. The van der Waals surface area contributed by atoms with Crippen LogP contribution in [0.3, 0.4) is 0 Å². The highest BCUT2D eigenvalue weighted by Gasteiger charge is 2.24. The van der Waals surface area contributed by atoms with Crippen LogP contribution in [-0.2, 0) is 10.0 Å². The summed E-state index contributed by atoms with van der Waals surface area (Å²) in [7, 11) is -3.17. The quantitative estimate of drug-likeness (QED) is 0.507. The molecular weight excluding hydrogens is 440 g/mol. The summed E-state index contributed by atoms with van der Waals surface area (Å²) in [6, 6.07) is 10.4. The number of rotatable bonds is 6. The molecule has 1 aromatic carbocycles. The summed E-state index contributed by atoms with van der Waals surface area (Å²) >= 11 is 0. The summed E-state index contributed by atoms with van der Waals surface area (Å²) in [5.74, 6) is 1.36. The van der Waals surface area contributed by atoms with Crippen molar-refractivity contribution in [3.8, 4) is 5.82 Å². The summed E-state index contributed by atoms with van der Waals surface area (Å²) in [5.41, 5.74) is 2.19. The second-order valence-electron chi connectivity index (χ2n) is 9.11. The monoisotopic (exact) mass is 470 g/mol. The number of benzene rings is 1. The molecular formula is C23H30N6O3S. The highest BCUT2D eigenvalue weighted by Crippen LogP contribution is 2.31. The molecule has 10 heteroatoms. The number of nitrogens with zero attached hydrogens (tertiary/aromatic N) is 4. The molecule has 0 radical (unpaired) electrons. The fourth-order valence-electron chi connectivity index (χ4n) is 4.98. The van der Waals surface area contributed by atoms with Gasteiger partial charge in [-0.25, -0.2) is 18.1 Å². The molecule has 0 spiro atoms. The van der Waals surface area contributed by atoms with Gasteiger partial charge in [0.05, 0.1) is 17.9 Å². The standard InChI is InChI=1S/C23H30N6O3S/c1-33(31,32)27-17-7-5-16(6-8-17)25-23-24-12-9-22(26-23)29-14-11-19-20(3-2-4-21(19)29)28-13-10-18(30)15-28/h2-4,9,11-12,14,16-18,27,30H,5-8,10,13,15H2,1H3,(H,24,25,26). The normalized spacial score (nSPS) is 23.8. The van der Waals surface area contributed by atoms with E-state index < -0.39 is 10.0 Å². The molecule has 33 heavy (non-hydrogen) atoms. The minimum absolute atomic E-state index is 0.00227. The Labute approximate surface area is 193 Å². The van der Waals surface area contributed by atoms with Gasteiger partial charge in [0.15, 0.2) is 0 Å². The van der Waals surface area contributed by atoms with Crippen LogP contribution in [0.4, 0.5) is 11.6 Å². The predicted octanol–water partition coefficient (Wildman–Crippen LogP) is 2.26. The van der Waals surface area contributed by atoms with Gasteiger partial charge in [0, 0.05) is 48.6 Å². The van der Waals surface area contributed by atoms with Crippen molar-refractivity contribution in [2.24, 2.45) is 0 Å². The first kappa shape index (κ1) is 22.1. The summed E-state index contributed by atoms with van der Waals surface area (Å²) in [6.45, 7) is 1.52. The Kier molecular flexibility index (Phi) is 5.98. The molecule has 9 nitrogen and oxygen atoms in total. The van der Waals surface area contributed by atoms with E-state index in [0.717, 1.165) is 61.1 Å². The molecule has 1 aliphatic carbocycles. The predicted molar refractivity (Wildman–Crippen MR) is 129 cm³/mol. The van der Waals surface area contributed by atoms with E-state index in [4.69, 9.17) is 4.98 Å². The van der Waals surface area contributed by atoms with Gasteiger partial charge in [0.2, 0.25) is 16.0 Å². The SMILES string of the molecule is CS(=O)(=O)NC1CCC(Nc2nccc(-n3ccc4c(N5CCC(O)C5)cccc43)n2)CC1. The first-order valence-electron chi connectivity index (χ1n) is 11.5. The second kappa shape index (κ2) is 8.92. The lowest BCUT2D eigenvalue weighted by atomic mass is 9.92. The molecule has 5 rings (SSSR count). The topological polar surface area (TPSA) is 112 Å². The van der Waals surface area contributed by atoms with Gasteiger partial charge in [-0.1, -0.05) is 6.07 Å². The Balaban J connectivity index is 1.32. The Hall–Kier alpha value is -2.69. The third-order valence-electron chi connectivity index (χ3n) is 6.54. The van der Waals surface area contributed by atoms with Crippen LogP contribution >= 0.6 is 0 Å². The number of sulfonamides is 1. The fourth-order valence-corrected chi connectivity index (χ4v) is 5.82. The third kappa shape index (κ3) is 4.97. The molecule has 176 valence electrons. The minimum Gasteiger partial charge on any atom is -0.391 e. The first-order valence-corrected chi connectivity index (χ1v) is 13.4. The minimum atomic E-state index is -3.17. The average Bonchev–Trinajstić information content (AvgIpc) is 3.40. The maximum absolute atomic E-state index is 11.5. The van der Waals surface area contributed by atoms with E-state index in [0.29, 0.717) is 12.5 Å². The molecule has 1 saturated heterocycles. The maximum Gasteiger partial charge on any atom is 0.224 e. The average molecular weight is 471 g/mol. The van der Waals surface area contributed by atoms with Gasteiger partial charge < -0.3 is 19.9 Å². The van der Waals surface area contributed by atoms with E-state index in [9.17, 15) is 13.5 Å². The van der Waals surface area contributed by atoms with Crippen molar-refractivity contribution >= 4 is 32.6 Å². The van der Waals surface area contributed by atoms with Crippen molar-refractivity contribution in [2.75, 3.05) is 29.6 Å². The lowest BCUT2D eigenvalue weighted by molar-refractivity contribution is 0.198. The van der Waals surface area contributed by atoms with E-state index in [1.807, 2.05) is 18.3 Å². The van der Waals surface area contributed by atoms with Crippen LogP contribution in [-0.4, -0.2) is 65.6 Å². The maximum atomic E-state index is 11.5. The van der Waals surface area contributed by atoms with Crippen molar-refractivity contribution in [3.63, 3.8) is 0 Å². The van der Waals surface area contributed by atoms with Crippen LogP contribution in [0.15, 0.2) is 42.7 Å². The van der Waals surface area contributed by atoms with Gasteiger partial charge in [-0.05, 0) is 56.4 Å². The van der Waals surface area contributed by atoms with Crippen LogP contribution in [0, 0.1) is 0 Å². The molecule has 0 bridgehead atoms. The van der Waals surface area contributed by atoms with E-state index >= 15 is 0 Å². The summed E-state index contributed by atoms with van der Waals surface area (Å²) in [6.07, 6.45) is 8.82. The lowest BCUT2D eigenvalue weighted by Crippen LogP contribution is -2.39. The van der Waals surface area contributed by atoms with Gasteiger partial charge in [0.25, 0.3) is 0 Å². The zero-order valence-electron chi connectivity index (χ0n) is 18.7. The van der Waals surface area contributed by atoms with E-state index in [1.165, 1.54) is 6.26 Å². The molecule has 1 unspecified atom stereocenters. The van der Waals surface area contributed by atoms with E-state index in [1.54, 1.807) is 6.20 Å². The number of aliphatic hydroxyl groups is 1. The highest BCUT2D eigenvalue weighted by atomic mass is 32.2. The summed E-state index contributed by atoms with van der Waals surface area (Å²) in [4.78, 5) is 11.4. The Morgan fingerprint density at radius 2 is 1.85 bits per heavy atom. The molecule has 3 heterocycles. The number of anilines is 2. The van der Waals surface area contributed by atoms with Crippen molar-refractivity contribution in [1.82, 2.24) is 19.3 Å². The van der Waals surface area contributed by atoms with E-state index in [-0.39, 0.29) is 18.2 Å². The smallest absolute Gasteiger partial charge is 0.224 e. The molecule has 1 atom stereocenters. The van der Waals surface area contributed by atoms with Crippen molar-refractivity contribution in [3.05, 3.63) is 42.7 Å². The second-order valence-corrected chi connectivity index (χ2v) is 10.9. The number of aliphatic hydroxyl groups excluding tert-OH is 1. The number of aromatic nitrogens is 3. The number of β-amino-alcohol motifs (C(OH)–C–C–N with tert-alkyl or cyclic N) is 1. The molecule has 2 aliphatic rings. The number of hydrogen-bond donors (Lipinski definition) is 3. The van der Waals surface area contributed by atoms with Crippen LogP contribution in [0.5, 0.6) is 0 Å². The Morgan fingerprint density at radius 1 is 1.06 bits per heavy atom. The summed E-state index contributed by atoms with van der Waals surface area (Å²) < 4.78 is 27.7. The zero-order valence-corrected chi connectivity index (χ0v) is 19.5. The number of fused-ring (bicyclic) bond motifs is 1. The molecule has 3 aromatic rings. The molecule has 1 aliphatic heterocycles. The lowest BCUT2D eigenvalue weighted by Gasteiger charge is -2.29. The molecule has 0 amide bonds. The molecule has 3 N–H and O–H groups in total. The fraction of sp³-hybridized carbons (Fsp3) is 0.478. The van der Waals surface area contributed by atoms with Gasteiger partial charge in [-0.3, -0.25) is 0 Å². The van der Waals surface area contributed by atoms with Crippen molar-refractivity contribution in [1.29, 1.82) is 0 Å². The van der Waals surface area contributed by atoms with Crippen LogP contribution in [0.2, 0.25) is 0 Å². The Bertz CT molecular complexity index is 1240. The summed E-state index contributed by atoms with van der Waals surface area (Å²) in [5, 5.41) is 14.5. The van der Waals surface area contributed by atoms with Gasteiger partial charge in [0.1, 0.15) is 5.82 Å². The molecule has 2 fully saturated rings. The zero-order chi connectivity index (χ0) is 23.0. The van der Waals surface area contributed by atoms with Crippen molar-refractivity contribution < 1.29 is 13.5 Å². The number of hydrogen-bond acceptors (Lipinski definition) is 7. The largest absolute Gasteiger partial charge is 0.391 e.